The number of amides is 2. The largest absolute Gasteiger partial charge is 0.459 e. The lowest BCUT2D eigenvalue weighted by Crippen LogP contribution is -2.41. The van der Waals surface area contributed by atoms with E-state index in [1.165, 1.54) is 0 Å². The summed E-state index contributed by atoms with van der Waals surface area (Å²) in [5, 5.41) is 6.42. The molecule has 0 aliphatic carbocycles. The highest BCUT2D eigenvalue weighted by Crippen LogP contribution is 2.18. The molecule has 1 aromatic heterocycles. The molecule has 2 aromatic rings. The Kier molecular flexibility index (Phi) is 2.95. The first-order valence-electron chi connectivity index (χ1n) is 6.27. The van der Waals surface area contributed by atoms with Gasteiger partial charge in [-0.15, -0.1) is 0 Å². The van der Waals surface area contributed by atoms with Crippen LogP contribution in [0, 0.1) is 0 Å². The van der Waals surface area contributed by atoms with Gasteiger partial charge in [-0.3, -0.25) is 9.59 Å². The third kappa shape index (κ3) is 2.45. The van der Waals surface area contributed by atoms with E-state index in [0.29, 0.717) is 25.1 Å². The van der Waals surface area contributed by atoms with Gasteiger partial charge in [0.1, 0.15) is 17.4 Å². The topological polar surface area (TPSA) is 71.3 Å². The first kappa shape index (κ1) is 11.8. The van der Waals surface area contributed by atoms with Gasteiger partial charge in [-0.2, -0.15) is 0 Å². The number of furan rings is 1. The van der Waals surface area contributed by atoms with E-state index in [4.69, 9.17) is 4.42 Å². The molecule has 1 saturated heterocycles. The minimum Gasteiger partial charge on any atom is -0.459 e. The van der Waals surface area contributed by atoms with Gasteiger partial charge < -0.3 is 15.1 Å². The maximum atomic E-state index is 11.8. The number of benzene rings is 1. The predicted octanol–water partition coefficient (Wildman–Crippen LogP) is 1.33. The molecule has 98 valence electrons. The Morgan fingerprint density at radius 2 is 2.26 bits per heavy atom. The van der Waals surface area contributed by atoms with Crippen molar-refractivity contribution in [3.05, 3.63) is 36.1 Å². The molecule has 19 heavy (non-hydrogen) atoms. The van der Waals surface area contributed by atoms with Crippen LogP contribution in [0.3, 0.4) is 0 Å². The first-order chi connectivity index (χ1) is 9.22. The Balaban J connectivity index is 1.62. The van der Waals surface area contributed by atoms with Crippen LogP contribution in [0.4, 0.5) is 0 Å². The van der Waals surface area contributed by atoms with Crippen molar-refractivity contribution >= 4 is 22.8 Å². The fourth-order valence-electron chi connectivity index (χ4n) is 2.23. The Bertz CT molecular complexity index is 599. The van der Waals surface area contributed by atoms with E-state index in [1.54, 1.807) is 0 Å². The lowest BCUT2D eigenvalue weighted by molar-refractivity contribution is -0.125. The molecular formula is C14H14N2O3. The molecule has 2 heterocycles. The third-order valence-electron chi connectivity index (χ3n) is 3.23. The molecule has 1 aliphatic heterocycles. The van der Waals surface area contributed by atoms with Crippen LogP contribution in [-0.4, -0.2) is 17.9 Å². The Morgan fingerprint density at radius 1 is 1.42 bits per heavy atom. The van der Waals surface area contributed by atoms with Gasteiger partial charge in [0, 0.05) is 11.8 Å². The van der Waals surface area contributed by atoms with Gasteiger partial charge in [-0.05, 0) is 18.6 Å². The summed E-state index contributed by atoms with van der Waals surface area (Å²) >= 11 is 0. The summed E-state index contributed by atoms with van der Waals surface area (Å²) in [6, 6.07) is 9.19. The minimum atomic E-state index is -0.406. The lowest BCUT2D eigenvalue weighted by atomic mass is 10.2. The highest BCUT2D eigenvalue weighted by atomic mass is 16.3. The summed E-state index contributed by atoms with van der Waals surface area (Å²) in [5.74, 6) is 0.481. The minimum absolute atomic E-state index is 0.0658. The van der Waals surface area contributed by atoms with E-state index in [9.17, 15) is 9.59 Å². The first-order valence-corrected chi connectivity index (χ1v) is 6.27. The summed E-state index contributed by atoms with van der Waals surface area (Å²) in [6.07, 6.45) is 0.980. The second kappa shape index (κ2) is 4.76. The van der Waals surface area contributed by atoms with Crippen LogP contribution in [0.1, 0.15) is 18.6 Å². The quantitative estimate of drug-likeness (QED) is 0.872. The molecule has 0 spiro atoms. The summed E-state index contributed by atoms with van der Waals surface area (Å²) in [6.45, 7) is 0.333. The summed E-state index contributed by atoms with van der Waals surface area (Å²) in [5.41, 5.74) is 0.806. The molecular weight excluding hydrogens is 244 g/mol. The van der Waals surface area contributed by atoms with Gasteiger partial charge in [-0.25, -0.2) is 0 Å². The van der Waals surface area contributed by atoms with Crippen molar-refractivity contribution < 1.29 is 14.0 Å². The van der Waals surface area contributed by atoms with Gasteiger partial charge in [0.25, 0.3) is 0 Å². The molecule has 1 atom stereocenters. The molecule has 5 heteroatoms. The van der Waals surface area contributed by atoms with Crippen LogP contribution in [0.2, 0.25) is 0 Å². The van der Waals surface area contributed by atoms with E-state index in [1.807, 2.05) is 30.3 Å². The van der Waals surface area contributed by atoms with Crippen molar-refractivity contribution in [2.45, 2.75) is 25.4 Å². The van der Waals surface area contributed by atoms with E-state index in [0.717, 1.165) is 11.0 Å². The van der Waals surface area contributed by atoms with Crippen molar-refractivity contribution in [1.82, 2.24) is 10.6 Å². The number of carbonyl (C=O) groups is 2. The van der Waals surface area contributed by atoms with E-state index in [-0.39, 0.29) is 11.8 Å². The predicted molar refractivity (Wildman–Crippen MR) is 69.2 cm³/mol. The van der Waals surface area contributed by atoms with Crippen LogP contribution in [-0.2, 0) is 16.1 Å². The Labute approximate surface area is 110 Å². The number of para-hydroxylation sites is 1. The maximum absolute atomic E-state index is 11.8. The third-order valence-corrected chi connectivity index (χ3v) is 3.23. The van der Waals surface area contributed by atoms with Gasteiger partial charge in [0.15, 0.2) is 0 Å². The number of nitrogens with one attached hydrogen (secondary N) is 2. The smallest absolute Gasteiger partial charge is 0.242 e. The van der Waals surface area contributed by atoms with Crippen molar-refractivity contribution in [3.63, 3.8) is 0 Å². The standard InChI is InChI=1S/C14H14N2O3/c17-13-6-5-11(16-13)14(18)15-8-10-7-9-3-1-2-4-12(9)19-10/h1-4,7,11H,5-6,8H2,(H,15,18)(H,16,17)/t11-/m0/s1. The summed E-state index contributed by atoms with van der Waals surface area (Å²) < 4.78 is 5.60. The van der Waals surface area contributed by atoms with Gasteiger partial charge >= 0.3 is 0 Å². The molecule has 0 radical (unpaired) electrons. The molecule has 2 N–H and O–H groups in total. The van der Waals surface area contributed by atoms with Crippen LogP contribution in [0.15, 0.2) is 34.7 Å². The second-order valence-corrected chi connectivity index (χ2v) is 4.63. The number of carbonyl (C=O) groups excluding carboxylic acids is 2. The molecule has 2 amide bonds. The average Bonchev–Trinajstić information content (AvgIpc) is 3.01. The van der Waals surface area contributed by atoms with E-state index in [2.05, 4.69) is 10.6 Å². The molecule has 0 bridgehead atoms. The molecule has 0 saturated carbocycles. The van der Waals surface area contributed by atoms with Crippen molar-refractivity contribution in [2.24, 2.45) is 0 Å². The van der Waals surface area contributed by atoms with Crippen LogP contribution >= 0.6 is 0 Å². The van der Waals surface area contributed by atoms with E-state index >= 15 is 0 Å². The maximum Gasteiger partial charge on any atom is 0.242 e. The molecule has 1 aliphatic rings. The fraction of sp³-hybridized carbons (Fsp3) is 0.286. The molecule has 1 fully saturated rings. The monoisotopic (exact) mass is 258 g/mol. The molecule has 1 aromatic carbocycles. The molecule has 0 unspecified atom stereocenters. The summed E-state index contributed by atoms with van der Waals surface area (Å²) in [4.78, 5) is 22.9. The number of rotatable bonds is 3. The Hall–Kier alpha value is -2.30. The lowest BCUT2D eigenvalue weighted by Gasteiger charge is -2.09. The second-order valence-electron chi connectivity index (χ2n) is 4.63. The highest BCUT2D eigenvalue weighted by molar-refractivity contribution is 5.90. The molecule has 3 rings (SSSR count). The zero-order chi connectivity index (χ0) is 13.2. The van der Waals surface area contributed by atoms with Gasteiger partial charge in [0.05, 0.1) is 6.54 Å². The van der Waals surface area contributed by atoms with Crippen molar-refractivity contribution in [1.29, 1.82) is 0 Å². The SMILES string of the molecule is O=C1CC[C@@H](C(=O)NCc2cc3ccccc3o2)N1. The average molecular weight is 258 g/mol. The summed E-state index contributed by atoms with van der Waals surface area (Å²) in [7, 11) is 0. The number of fused-ring (bicyclic) bond motifs is 1. The Morgan fingerprint density at radius 3 is 3.00 bits per heavy atom. The fourth-order valence-corrected chi connectivity index (χ4v) is 2.23. The number of hydrogen-bond acceptors (Lipinski definition) is 3. The van der Waals surface area contributed by atoms with Crippen molar-refractivity contribution in [2.75, 3.05) is 0 Å². The zero-order valence-electron chi connectivity index (χ0n) is 10.3. The van der Waals surface area contributed by atoms with Crippen LogP contribution < -0.4 is 10.6 Å². The molecule has 5 nitrogen and oxygen atoms in total. The van der Waals surface area contributed by atoms with Gasteiger partial charge in [-0.1, -0.05) is 18.2 Å². The van der Waals surface area contributed by atoms with Crippen LogP contribution in [0.25, 0.3) is 11.0 Å². The highest BCUT2D eigenvalue weighted by Gasteiger charge is 2.26. The van der Waals surface area contributed by atoms with Gasteiger partial charge in [0.2, 0.25) is 11.8 Å². The number of hydrogen-bond donors (Lipinski definition) is 2. The normalized spacial score (nSPS) is 18.5. The van der Waals surface area contributed by atoms with E-state index < -0.39 is 6.04 Å². The van der Waals surface area contributed by atoms with Crippen molar-refractivity contribution in [3.8, 4) is 0 Å². The van der Waals surface area contributed by atoms with Crippen LogP contribution in [0.5, 0.6) is 0 Å². The zero-order valence-corrected chi connectivity index (χ0v) is 10.3.